The van der Waals surface area contributed by atoms with Crippen molar-refractivity contribution < 1.29 is 22.4 Å². The maximum absolute atomic E-state index is 13.1. The maximum Gasteiger partial charge on any atom is 0.419 e. The fourth-order valence-corrected chi connectivity index (χ4v) is 2.29. The van der Waals surface area contributed by atoms with Crippen molar-refractivity contribution in [2.45, 2.75) is 12.6 Å². The van der Waals surface area contributed by atoms with E-state index in [9.17, 15) is 22.4 Å². The number of thiophene rings is 1. The molecule has 0 spiro atoms. The van der Waals surface area contributed by atoms with Crippen molar-refractivity contribution in [3.05, 3.63) is 57.5 Å². The van der Waals surface area contributed by atoms with Gasteiger partial charge in [-0.2, -0.15) is 13.2 Å². The summed E-state index contributed by atoms with van der Waals surface area (Å²) in [6.45, 7) is 0. The number of carbonyl (C=O) groups excluding carboxylic acids is 1. The molecule has 0 bridgehead atoms. The van der Waals surface area contributed by atoms with Crippen molar-refractivity contribution in [2.24, 2.45) is 0 Å². The summed E-state index contributed by atoms with van der Waals surface area (Å²) in [6, 6.07) is 5.77. The van der Waals surface area contributed by atoms with E-state index in [4.69, 9.17) is 0 Å². The summed E-state index contributed by atoms with van der Waals surface area (Å²) in [5.41, 5.74) is -1.55. The fourth-order valence-electron chi connectivity index (χ4n) is 1.59. The van der Waals surface area contributed by atoms with Gasteiger partial charge in [0, 0.05) is 16.9 Å². The van der Waals surface area contributed by atoms with E-state index >= 15 is 0 Å². The van der Waals surface area contributed by atoms with Crippen molar-refractivity contribution in [3.8, 4) is 0 Å². The zero-order valence-corrected chi connectivity index (χ0v) is 10.3. The second-order valence-electron chi connectivity index (χ2n) is 3.87. The summed E-state index contributed by atoms with van der Waals surface area (Å²) < 4.78 is 50.6. The molecule has 0 unspecified atom stereocenters. The molecule has 0 aliphatic heterocycles. The van der Waals surface area contributed by atoms with Crippen LogP contribution in [0.15, 0.2) is 35.7 Å². The van der Waals surface area contributed by atoms with E-state index < -0.39 is 23.3 Å². The minimum Gasteiger partial charge on any atom is -0.294 e. The Balaban J connectivity index is 2.28. The molecule has 0 saturated carbocycles. The van der Waals surface area contributed by atoms with Crippen molar-refractivity contribution in [2.75, 3.05) is 0 Å². The number of Topliss-reactive ketones (excluding diaryl/α,β-unsaturated/α-hetero) is 1. The number of carbonyl (C=O) groups is 1. The molecule has 0 radical (unpaired) electrons. The Morgan fingerprint density at radius 2 is 1.95 bits per heavy atom. The summed E-state index contributed by atoms with van der Waals surface area (Å²) in [5.74, 6) is -1.84. The zero-order chi connectivity index (χ0) is 14.0. The molecule has 0 fully saturated rings. The second kappa shape index (κ2) is 5.13. The zero-order valence-electron chi connectivity index (χ0n) is 9.50. The van der Waals surface area contributed by atoms with E-state index in [-0.39, 0.29) is 12.0 Å². The van der Waals surface area contributed by atoms with E-state index in [1.165, 1.54) is 11.3 Å². The molecule has 1 heterocycles. The minimum atomic E-state index is -4.80. The molecule has 6 heteroatoms. The molecule has 1 aromatic heterocycles. The van der Waals surface area contributed by atoms with Gasteiger partial charge in [0.05, 0.1) is 5.56 Å². The number of hydrogen-bond donors (Lipinski definition) is 0. The van der Waals surface area contributed by atoms with Gasteiger partial charge in [-0.3, -0.25) is 4.79 Å². The average Bonchev–Trinajstić information content (AvgIpc) is 2.80. The molecular weight excluding hydrogens is 280 g/mol. The first-order valence-corrected chi connectivity index (χ1v) is 6.18. The average molecular weight is 288 g/mol. The van der Waals surface area contributed by atoms with Gasteiger partial charge in [0.15, 0.2) is 5.78 Å². The summed E-state index contributed by atoms with van der Waals surface area (Å²) >= 11 is 1.34. The normalized spacial score (nSPS) is 11.6. The summed E-state index contributed by atoms with van der Waals surface area (Å²) in [6.07, 6.45) is -4.79. The van der Waals surface area contributed by atoms with Gasteiger partial charge in [-0.15, -0.1) is 11.3 Å². The lowest BCUT2D eigenvalue weighted by atomic mass is 10.0. The molecule has 0 atom stereocenters. The van der Waals surface area contributed by atoms with E-state index in [1.807, 2.05) is 0 Å². The topological polar surface area (TPSA) is 17.1 Å². The van der Waals surface area contributed by atoms with Crippen LogP contribution in [0.5, 0.6) is 0 Å². The molecule has 2 aromatic rings. The third-order valence-corrected chi connectivity index (χ3v) is 3.39. The molecule has 100 valence electrons. The van der Waals surface area contributed by atoms with Crippen LogP contribution in [0, 0.1) is 5.82 Å². The third kappa shape index (κ3) is 3.20. The summed E-state index contributed by atoms with van der Waals surface area (Å²) in [5, 5.41) is 1.77. The van der Waals surface area contributed by atoms with Crippen molar-refractivity contribution in [1.29, 1.82) is 0 Å². The molecular formula is C13H8F4OS. The highest BCUT2D eigenvalue weighted by Gasteiger charge is 2.34. The van der Waals surface area contributed by atoms with Crippen molar-refractivity contribution >= 4 is 17.1 Å². The predicted molar refractivity (Wildman–Crippen MR) is 63.8 cm³/mol. The van der Waals surface area contributed by atoms with Crippen LogP contribution in [0.1, 0.15) is 20.8 Å². The van der Waals surface area contributed by atoms with E-state index in [0.717, 1.165) is 10.9 Å². The van der Waals surface area contributed by atoms with E-state index in [1.54, 1.807) is 17.5 Å². The standard InChI is InChI=1S/C13H8F4OS/c14-11-4-3-8(6-10(11)13(15,16)17)12(18)7-9-2-1-5-19-9/h1-6H,7H2. The monoisotopic (exact) mass is 288 g/mol. The quantitative estimate of drug-likeness (QED) is 0.607. The SMILES string of the molecule is O=C(Cc1cccs1)c1ccc(F)c(C(F)(F)F)c1. The Kier molecular flexibility index (Phi) is 3.71. The van der Waals surface area contributed by atoms with Gasteiger partial charge in [-0.1, -0.05) is 6.07 Å². The number of benzene rings is 1. The van der Waals surface area contributed by atoms with Crippen LogP contribution in [0.25, 0.3) is 0 Å². The van der Waals surface area contributed by atoms with Gasteiger partial charge in [0.2, 0.25) is 0 Å². The van der Waals surface area contributed by atoms with Crippen LogP contribution in [-0.4, -0.2) is 5.78 Å². The molecule has 0 amide bonds. The highest BCUT2D eigenvalue weighted by molar-refractivity contribution is 7.10. The van der Waals surface area contributed by atoms with Crippen molar-refractivity contribution in [1.82, 2.24) is 0 Å². The Bertz CT molecular complexity index is 587. The van der Waals surface area contributed by atoms with Crippen LogP contribution in [-0.2, 0) is 12.6 Å². The van der Waals surface area contributed by atoms with Gasteiger partial charge >= 0.3 is 6.18 Å². The molecule has 19 heavy (non-hydrogen) atoms. The smallest absolute Gasteiger partial charge is 0.294 e. The third-order valence-electron chi connectivity index (χ3n) is 2.51. The van der Waals surface area contributed by atoms with Gasteiger partial charge in [-0.25, -0.2) is 4.39 Å². The lowest BCUT2D eigenvalue weighted by Gasteiger charge is -2.09. The second-order valence-corrected chi connectivity index (χ2v) is 4.90. The molecule has 1 aromatic carbocycles. The summed E-state index contributed by atoms with van der Waals surface area (Å²) in [4.78, 5) is 12.6. The maximum atomic E-state index is 13.1. The molecule has 0 N–H and O–H groups in total. The minimum absolute atomic E-state index is 0.0145. The van der Waals surface area contributed by atoms with Crippen LogP contribution >= 0.6 is 11.3 Å². The first-order chi connectivity index (χ1) is 8.88. The van der Waals surface area contributed by atoms with Gasteiger partial charge in [-0.05, 0) is 29.6 Å². The lowest BCUT2D eigenvalue weighted by molar-refractivity contribution is -0.140. The number of hydrogen-bond acceptors (Lipinski definition) is 2. The van der Waals surface area contributed by atoms with E-state index in [2.05, 4.69) is 0 Å². The van der Waals surface area contributed by atoms with Crippen LogP contribution in [0.2, 0.25) is 0 Å². The summed E-state index contributed by atoms with van der Waals surface area (Å²) in [7, 11) is 0. The highest BCUT2D eigenvalue weighted by Crippen LogP contribution is 2.32. The number of alkyl halides is 3. The first kappa shape index (κ1) is 13.7. The molecule has 0 saturated heterocycles. The van der Waals surface area contributed by atoms with Crippen molar-refractivity contribution in [3.63, 3.8) is 0 Å². The number of halogens is 4. The van der Waals surface area contributed by atoms with Crippen LogP contribution in [0.4, 0.5) is 17.6 Å². The van der Waals surface area contributed by atoms with Gasteiger partial charge < -0.3 is 0 Å². The Labute approximate surface area is 110 Å². The molecule has 2 rings (SSSR count). The van der Waals surface area contributed by atoms with Crippen LogP contribution < -0.4 is 0 Å². The molecule has 1 nitrogen and oxygen atoms in total. The number of ketones is 1. The number of rotatable bonds is 3. The predicted octanol–water partition coefficient (Wildman–Crippen LogP) is 4.33. The molecule has 0 aliphatic carbocycles. The Morgan fingerprint density at radius 3 is 2.53 bits per heavy atom. The lowest BCUT2D eigenvalue weighted by Crippen LogP contribution is -2.11. The Hall–Kier alpha value is -1.69. The van der Waals surface area contributed by atoms with Gasteiger partial charge in [0.25, 0.3) is 0 Å². The highest BCUT2D eigenvalue weighted by atomic mass is 32.1. The fraction of sp³-hybridized carbons (Fsp3) is 0.154. The largest absolute Gasteiger partial charge is 0.419 e. The van der Waals surface area contributed by atoms with E-state index in [0.29, 0.717) is 12.1 Å². The molecule has 0 aliphatic rings. The van der Waals surface area contributed by atoms with Gasteiger partial charge in [0.1, 0.15) is 5.82 Å². The Morgan fingerprint density at radius 1 is 1.21 bits per heavy atom. The first-order valence-electron chi connectivity index (χ1n) is 5.30. The van der Waals surface area contributed by atoms with Crippen LogP contribution in [0.3, 0.4) is 0 Å².